The topological polar surface area (TPSA) is 83.5 Å². The minimum Gasteiger partial charge on any atom is -0.428 e. The van der Waals surface area contributed by atoms with E-state index < -0.39 is 23.2 Å². The largest absolute Gasteiger partial charge is 0.428 e. The zero-order valence-corrected chi connectivity index (χ0v) is 18.4. The average molecular weight is 452 g/mol. The Hall–Kier alpha value is -1.97. The monoisotopic (exact) mass is 451 g/mol. The normalized spacial score (nSPS) is 22.0. The maximum absolute atomic E-state index is 13.6. The summed E-state index contributed by atoms with van der Waals surface area (Å²) in [4.78, 5) is 31.5. The summed E-state index contributed by atoms with van der Waals surface area (Å²) in [7, 11) is 0. The number of hydrogen-bond acceptors (Lipinski definition) is 7. The summed E-state index contributed by atoms with van der Waals surface area (Å²) in [6, 6.07) is 6.97. The van der Waals surface area contributed by atoms with E-state index in [4.69, 9.17) is 35.4 Å². The lowest BCUT2D eigenvalue weighted by Gasteiger charge is -2.45. The predicted octanol–water partition coefficient (Wildman–Crippen LogP) is 3.44. The van der Waals surface area contributed by atoms with Gasteiger partial charge in [-0.2, -0.15) is 0 Å². The molecule has 0 bridgehead atoms. The van der Waals surface area contributed by atoms with E-state index in [-0.39, 0.29) is 18.1 Å². The van der Waals surface area contributed by atoms with Crippen molar-refractivity contribution in [3.63, 3.8) is 0 Å². The molecular weight excluding hydrogens is 426 g/mol. The number of halogens is 1. The molecule has 2 aliphatic heterocycles. The number of amides is 1. The van der Waals surface area contributed by atoms with Gasteiger partial charge in [0, 0.05) is 37.0 Å². The van der Waals surface area contributed by atoms with E-state index in [0.29, 0.717) is 56.1 Å². The van der Waals surface area contributed by atoms with Gasteiger partial charge in [-0.15, -0.1) is 0 Å². The molecule has 1 aromatic rings. The first kappa shape index (κ1) is 22.2. The molecule has 31 heavy (non-hydrogen) atoms. The third-order valence-electron chi connectivity index (χ3n) is 5.95. The summed E-state index contributed by atoms with van der Waals surface area (Å²) < 4.78 is 22.7. The molecule has 0 N–H and O–H groups in total. The van der Waals surface area contributed by atoms with Crippen LogP contribution in [0.25, 0.3) is 5.57 Å². The number of carbonyl (C=O) groups is 2. The van der Waals surface area contributed by atoms with E-state index >= 15 is 0 Å². The molecule has 2 heterocycles. The van der Waals surface area contributed by atoms with E-state index in [1.807, 2.05) is 6.92 Å². The van der Waals surface area contributed by atoms with Gasteiger partial charge in [-0.1, -0.05) is 29.8 Å². The van der Waals surface area contributed by atoms with Crippen molar-refractivity contribution >= 4 is 29.1 Å². The minimum atomic E-state index is -0.991. The molecule has 2 spiro atoms. The highest BCUT2D eigenvalue weighted by molar-refractivity contribution is 6.35. The van der Waals surface area contributed by atoms with Crippen molar-refractivity contribution in [2.75, 3.05) is 26.6 Å². The van der Waals surface area contributed by atoms with Crippen LogP contribution in [0.15, 0.2) is 30.0 Å². The number of nitrogens with zero attached hydrogens (tertiary/aromatic N) is 1. The molecule has 1 saturated heterocycles. The summed E-state index contributed by atoms with van der Waals surface area (Å²) in [5.41, 5.74) is -0.281. The van der Waals surface area contributed by atoms with Gasteiger partial charge in [0.05, 0.1) is 18.8 Å². The highest BCUT2D eigenvalue weighted by atomic mass is 35.5. The zero-order chi connectivity index (χ0) is 22.1. The smallest absolute Gasteiger partial charge is 0.307 e. The second kappa shape index (κ2) is 8.88. The Kier molecular flexibility index (Phi) is 6.37. The molecule has 3 aliphatic rings. The van der Waals surface area contributed by atoms with Gasteiger partial charge in [0.1, 0.15) is 11.3 Å². The van der Waals surface area contributed by atoms with Crippen molar-refractivity contribution in [2.45, 2.75) is 50.9 Å². The summed E-state index contributed by atoms with van der Waals surface area (Å²) in [6.07, 6.45) is 1.91. The first-order valence-electron chi connectivity index (χ1n) is 10.4. The van der Waals surface area contributed by atoms with Gasteiger partial charge in [-0.05, 0) is 25.8 Å². The first-order valence-corrected chi connectivity index (χ1v) is 10.8. The van der Waals surface area contributed by atoms with Crippen molar-refractivity contribution in [3.05, 3.63) is 40.6 Å². The fourth-order valence-electron chi connectivity index (χ4n) is 4.52. The lowest BCUT2D eigenvalue weighted by molar-refractivity contribution is -0.268. The van der Waals surface area contributed by atoms with Crippen molar-refractivity contribution in [3.8, 4) is 0 Å². The van der Waals surface area contributed by atoms with Crippen molar-refractivity contribution in [1.29, 1.82) is 0 Å². The van der Waals surface area contributed by atoms with Crippen LogP contribution in [0.2, 0.25) is 5.02 Å². The fourth-order valence-corrected chi connectivity index (χ4v) is 4.76. The van der Waals surface area contributed by atoms with Gasteiger partial charge in [-0.25, -0.2) is 9.90 Å². The van der Waals surface area contributed by atoms with Gasteiger partial charge >= 0.3 is 5.97 Å². The van der Waals surface area contributed by atoms with Crippen LogP contribution in [0.1, 0.15) is 45.1 Å². The maximum Gasteiger partial charge on any atom is 0.307 e. The Balaban J connectivity index is 1.79. The standard InChI is InChI=1S/C22H26ClNO7/c1-3-27-14-30-24-20(26)18(16-6-4-5-7-17(16)23)19(31-15(2)25)21(24)8-10-22(11-9-21)28-12-13-29-22/h4-7H,3,8-14H2,1-2H3. The van der Waals surface area contributed by atoms with Gasteiger partial charge in [0.2, 0.25) is 0 Å². The number of rotatable bonds is 6. The first-order chi connectivity index (χ1) is 14.9. The van der Waals surface area contributed by atoms with Crippen molar-refractivity contribution in [1.82, 2.24) is 5.06 Å². The average Bonchev–Trinajstić information content (AvgIpc) is 3.28. The quantitative estimate of drug-likeness (QED) is 0.372. The summed E-state index contributed by atoms with van der Waals surface area (Å²) in [5.74, 6) is -1.36. The fraction of sp³-hybridized carbons (Fsp3) is 0.545. The van der Waals surface area contributed by atoms with Crippen LogP contribution >= 0.6 is 11.6 Å². The Bertz CT molecular complexity index is 884. The zero-order valence-electron chi connectivity index (χ0n) is 17.6. The lowest BCUT2D eigenvalue weighted by Crippen LogP contribution is -2.54. The van der Waals surface area contributed by atoms with Gasteiger partial charge < -0.3 is 18.9 Å². The maximum atomic E-state index is 13.6. The Labute approximate surface area is 185 Å². The molecule has 8 nitrogen and oxygen atoms in total. The van der Waals surface area contributed by atoms with E-state index in [9.17, 15) is 9.59 Å². The molecule has 1 saturated carbocycles. The Morgan fingerprint density at radius 3 is 2.45 bits per heavy atom. The number of benzene rings is 1. The third kappa shape index (κ3) is 3.99. The molecule has 0 atom stereocenters. The second-order valence-electron chi connectivity index (χ2n) is 7.76. The lowest BCUT2D eigenvalue weighted by atomic mass is 9.77. The molecular formula is C22H26ClNO7. The molecule has 0 unspecified atom stereocenters. The van der Waals surface area contributed by atoms with Crippen molar-refractivity contribution < 1.29 is 33.4 Å². The number of carbonyl (C=O) groups excluding carboxylic acids is 2. The Morgan fingerprint density at radius 1 is 1.16 bits per heavy atom. The number of esters is 1. The molecule has 0 radical (unpaired) electrons. The van der Waals surface area contributed by atoms with Crippen LogP contribution in [-0.2, 0) is 33.4 Å². The second-order valence-corrected chi connectivity index (χ2v) is 8.16. The molecule has 4 rings (SSSR count). The Morgan fingerprint density at radius 2 is 1.84 bits per heavy atom. The SMILES string of the molecule is CCOCON1C(=O)C(c2ccccc2Cl)=C(OC(C)=O)C12CCC1(CC2)OCCO1. The number of ether oxygens (including phenoxy) is 4. The predicted molar refractivity (Wildman–Crippen MR) is 110 cm³/mol. The number of hydrogen-bond donors (Lipinski definition) is 0. The van der Waals surface area contributed by atoms with E-state index in [1.54, 1.807) is 24.3 Å². The minimum absolute atomic E-state index is 0.106. The molecule has 0 aromatic heterocycles. The van der Waals surface area contributed by atoms with Gasteiger partial charge in [0.15, 0.2) is 12.6 Å². The molecule has 2 fully saturated rings. The van der Waals surface area contributed by atoms with E-state index in [2.05, 4.69) is 0 Å². The van der Waals surface area contributed by atoms with Crippen LogP contribution < -0.4 is 0 Å². The van der Waals surface area contributed by atoms with Crippen LogP contribution in [-0.4, -0.2) is 54.9 Å². The summed E-state index contributed by atoms with van der Waals surface area (Å²) in [5, 5.41) is 1.67. The molecule has 1 aliphatic carbocycles. The van der Waals surface area contributed by atoms with Crippen LogP contribution in [0, 0.1) is 0 Å². The van der Waals surface area contributed by atoms with Crippen LogP contribution in [0.3, 0.4) is 0 Å². The number of hydroxylamine groups is 2. The van der Waals surface area contributed by atoms with Gasteiger partial charge in [0.25, 0.3) is 5.91 Å². The summed E-state index contributed by atoms with van der Waals surface area (Å²) >= 11 is 6.42. The highest BCUT2D eigenvalue weighted by Gasteiger charge is 2.60. The van der Waals surface area contributed by atoms with Gasteiger partial charge in [-0.3, -0.25) is 9.59 Å². The molecule has 1 aromatic carbocycles. The molecule has 168 valence electrons. The molecule has 1 amide bonds. The van der Waals surface area contributed by atoms with E-state index in [1.165, 1.54) is 12.0 Å². The summed E-state index contributed by atoms with van der Waals surface area (Å²) in [6.45, 7) is 4.54. The van der Waals surface area contributed by atoms with Crippen LogP contribution in [0.5, 0.6) is 0 Å². The highest BCUT2D eigenvalue weighted by Crippen LogP contribution is 2.53. The molecule has 9 heteroatoms. The van der Waals surface area contributed by atoms with E-state index in [0.717, 1.165) is 0 Å². The van der Waals surface area contributed by atoms with Crippen LogP contribution in [0.4, 0.5) is 0 Å². The third-order valence-corrected chi connectivity index (χ3v) is 6.28. The van der Waals surface area contributed by atoms with Crippen molar-refractivity contribution in [2.24, 2.45) is 0 Å².